The average Bonchev–Trinajstić information content (AvgIpc) is 2.64. The lowest BCUT2D eigenvalue weighted by molar-refractivity contribution is -0.162. The van der Waals surface area contributed by atoms with Gasteiger partial charge in [-0.25, -0.2) is 4.98 Å². The number of amides is 2. The first-order valence-corrected chi connectivity index (χ1v) is 8.93. The third-order valence-corrected chi connectivity index (χ3v) is 4.72. The largest absolute Gasteiger partial charge is 0.383 e. The Labute approximate surface area is 161 Å². The second-order valence-electron chi connectivity index (χ2n) is 6.70. The maximum Gasteiger partial charge on any atom is 0.252 e. The van der Waals surface area contributed by atoms with Crippen LogP contribution in [0.1, 0.15) is 23.0 Å². The van der Waals surface area contributed by atoms with Crippen molar-refractivity contribution < 1.29 is 14.3 Å². The van der Waals surface area contributed by atoms with Crippen LogP contribution in [-0.2, 0) is 20.7 Å². The van der Waals surface area contributed by atoms with E-state index in [4.69, 9.17) is 10.5 Å². The number of hydrogen-bond acceptors (Lipinski definition) is 6. The molecule has 28 heavy (non-hydrogen) atoms. The summed E-state index contributed by atoms with van der Waals surface area (Å²) in [6.07, 6.45) is -0.528. The van der Waals surface area contributed by atoms with Crippen LogP contribution in [0.25, 0.3) is 0 Å². The zero-order valence-electron chi connectivity index (χ0n) is 15.8. The Morgan fingerprint density at radius 2 is 2.14 bits per heavy atom. The lowest BCUT2D eigenvalue weighted by Crippen LogP contribution is -2.53. The highest BCUT2D eigenvalue weighted by Crippen LogP contribution is 2.31. The summed E-state index contributed by atoms with van der Waals surface area (Å²) >= 11 is 0. The summed E-state index contributed by atoms with van der Waals surface area (Å²) in [5, 5.41) is 2.79. The predicted octanol–water partition coefficient (Wildman–Crippen LogP) is -0.0823. The molecule has 4 N–H and O–H groups in total. The van der Waals surface area contributed by atoms with Crippen LogP contribution in [0.4, 0.5) is 5.82 Å². The van der Waals surface area contributed by atoms with Crippen LogP contribution in [0.2, 0.25) is 0 Å². The van der Waals surface area contributed by atoms with Crippen LogP contribution >= 0.6 is 0 Å². The molecule has 2 amide bonds. The molecule has 0 unspecified atom stereocenters. The molecule has 148 valence electrons. The highest BCUT2D eigenvalue weighted by atomic mass is 16.5. The summed E-state index contributed by atoms with van der Waals surface area (Å²) in [5.74, 6) is -0.00394. The molecule has 0 radical (unpaired) electrons. The van der Waals surface area contributed by atoms with Gasteiger partial charge in [-0.3, -0.25) is 14.4 Å². The fourth-order valence-corrected chi connectivity index (χ4v) is 3.27. The average molecular weight is 385 g/mol. The van der Waals surface area contributed by atoms with Gasteiger partial charge in [0.05, 0.1) is 6.04 Å². The zero-order chi connectivity index (χ0) is 20.3. The number of aryl methyl sites for hydroxylation is 1. The number of H-pyrrole nitrogens is 1. The van der Waals surface area contributed by atoms with Crippen LogP contribution in [0, 0.1) is 6.92 Å². The number of nitrogens with two attached hydrogens (primary N) is 1. The van der Waals surface area contributed by atoms with E-state index in [0.717, 1.165) is 11.1 Å². The Morgan fingerprint density at radius 1 is 1.39 bits per heavy atom. The quantitative estimate of drug-likeness (QED) is 0.660. The fourth-order valence-electron chi connectivity index (χ4n) is 3.27. The van der Waals surface area contributed by atoms with Gasteiger partial charge in [-0.05, 0) is 18.1 Å². The minimum absolute atomic E-state index is 0.125. The van der Waals surface area contributed by atoms with Crippen molar-refractivity contribution in [1.29, 1.82) is 0 Å². The summed E-state index contributed by atoms with van der Waals surface area (Å²) in [6.45, 7) is 2.02. The molecule has 2 atom stereocenters. The first-order valence-electron chi connectivity index (χ1n) is 8.93. The van der Waals surface area contributed by atoms with E-state index in [1.54, 1.807) is 11.9 Å². The molecule has 9 heteroatoms. The Hall–Kier alpha value is -3.20. The van der Waals surface area contributed by atoms with Crippen molar-refractivity contribution in [3.63, 3.8) is 0 Å². The number of anilines is 1. The van der Waals surface area contributed by atoms with Gasteiger partial charge in [0.1, 0.15) is 18.2 Å². The highest BCUT2D eigenvalue weighted by Gasteiger charge is 2.40. The number of rotatable bonds is 5. The van der Waals surface area contributed by atoms with Crippen molar-refractivity contribution in [1.82, 2.24) is 20.2 Å². The van der Waals surface area contributed by atoms with Crippen LogP contribution < -0.4 is 16.6 Å². The number of carbonyl (C=O) groups excluding carboxylic acids is 2. The van der Waals surface area contributed by atoms with E-state index in [9.17, 15) is 14.4 Å². The molecule has 2 heterocycles. The summed E-state index contributed by atoms with van der Waals surface area (Å²) in [6, 6.07) is 8.26. The Kier molecular flexibility index (Phi) is 5.74. The fraction of sp³-hybridized carbons (Fsp3) is 0.368. The molecule has 1 fully saturated rings. The lowest BCUT2D eigenvalue weighted by atomic mass is 9.94. The molecule has 0 bridgehead atoms. The molecule has 2 aromatic rings. The van der Waals surface area contributed by atoms with E-state index < -0.39 is 12.1 Å². The summed E-state index contributed by atoms with van der Waals surface area (Å²) in [7, 11) is 1.67. The molecule has 1 aromatic carbocycles. The SMILES string of the molecule is Cc1ccccc1[C@@H]1[C@@H](C(=O)NCCc2nc(N)cc(=O)[nH]2)OCC(=O)N1C. The van der Waals surface area contributed by atoms with Gasteiger partial charge in [0.2, 0.25) is 5.91 Å². The van der Waals surface area contributed by atoms with E-state index >= 15 is 0 Å². The van der Waals surface area contributed by atoms with Gasteiger partial charge in [0.25, 0.3) is 11.5 Å². The second-order valence-corrected chi connectivity index (χ2v) is 6.70. The van der Waals surface area contributed by atoms with Gasteiger partial charge in [0, 0.05) is 26.1 Å². The molecule has 0 saturated carbocycles. The first kappa shape index (κ1) is 19.6. The third kappa shape index (κ3) is 4.20. The highest BCUT2D eigenvalue weighted by molar-refractivity contribution is 5.86. The van der Waals surface area contributed by atoms with Crippen LogP contribution in [0.15, 0.2) is 35.1 Å². The number of morpholine rings is 1. The zero-order valence-corrected chi connectivity index (χ0v) is 15.8. The van der Waals surface area contributed by atoms with Crippen LogP contribution in [0.5, 0.6) is 0 Å². The monoisotopic (exact) mass is 385 g/mol. The van der Waals surface area contributed by atoms with Crippen molar-refractivity contribution in [2.75, 3.05) is 25.9 Å². The van der Waals surface area contributed by atoms with Gasteiger partial charge in [-0.15, -0.1) is 0 Å². The molecule has 1 aliphatic rings. The molecule has 0 aliphatic carbocycles. The van der Waals surface area contributed by atoms with Crippen molar-refractivity contribution in [2.45, 2.75) is 25.5 Å². The summed E-state index contributed by atoms with van der Waals surface area (Å²) in [4.78, 5) is 44.5. The third-order valence-electron chi connectivity index (χ3n) is 4.72. The number of ether oxygens (including phenoxy) is 1. The molecule has 0 spiro atoms. The number of nitrogen functional groups attached to an aromatic ring is 1. The Balaban J connectivity index is 1.72. The number of carbonyl (C=O) groups is 2. The number of aromatic nitrogens is 2. The maximum absolute atomic E-state index is 12.8. The lowest BCUT2D eigenvalue weighted by Gasteiger charge is -2.38. The number of hydrogen-bond donors (Lipinski definition) is 3. The molecule has 9 nitrogen and oxygen atoms in total. The standard InChI is InChI=1S/C19H23N5O4/c1-11-5-3-4-6-12(11)17-18(28-10-16(26)24(17)2)19(27)21-8-7-14-22-13(20)9-15(25)23-14/h3-6,9,17-18H,7-8,10H2,1-2H3,(H,21,27)(H3,20,22,23,25)/t17-,18+/m1/s1. The number of nitrogens with zero attached hydrogens (tertiary/aromatic N) is 2. The van der Waals surface area contributed by atoms with Gasteiger partial charge in [-0.1, -0.05) is 24.3 Å². The Bertz CT molecular complexity index is 942. The van der Waals surface area contributed by atoms with E-state index in [-0.39, 0.29) is 36.3 Å². The van der Waals surface area contributed by atoms with Crippen LogP contribution in [0.3, 0.4) is 0 Å². The van der Waals surface area contributed by atoms with E-state index in [1.807, 2.05) is 31.2 Å². The van der Waals surface area contributed by atoms with Gasteiger partial charge in [0.15, 0.2) is 6.10 Å². The van der Waals surface area contributed by atoms with Crippen molar-refractivity contribution in [3.05, 3.63) is 57.6 Å². The van der Waals surface area contributed by atoms with Gasteiger partial charge < -0.3 is 25.7 Å². The molecular weight excluding hydrogens is 362 g/mol. The molecule has 1 aliphatic heterocycles. The molecular formula is C19H23N5O4. The van der Waals surface area contributed by atoms with Gasteiger partial charge in [-0.2, -0.15) is 0 Å². The summed E-state index contributed by atoms with van der Waals surface area (Å²) < 4.78 is 5.59. The Morgan fingerprint density at radius 3 is 2.86 bits per heavy atom. The van der Waals surface area contributed by atoms with Crippen LogP contribution in [-0.4, -0.2) is 53.0 Å². The molecule has 1 aromatic heterocycles. The smallest absolute Gasteiger partial charge is 0.252 e. The second kappa shape index (κ2) is 8.22. The van der Waals surface area contributed by atoms with Crippen molar-refractivity contribution in [2.24, 2.45) is 0 Å². The summed E-state index contributed by atoms with van der Waals surface area (Å²) in [5.41, 5.74) is 7.04. The topological polar surface area (TPSA) is 130 Å². The predicted molar refractivity (Wildman–Crippen MR) is 102 cm³/mol. The minimum atomic E-state index is -0.836. The normalized spacial score (nSPS) is 19.5. The molecule has 3 rings (SSSR count). The maximum atomic E-state index is 12.8. The van der Waals surface area contributed by atoms with E-state index in [1.165, 1.54) is 6.07 Å². The van der Waals surface area contributed by atoms with Crippen molar-refractivity contribution >= 4 is 17.6 Å². The van der Waals surface area contributed by atoms with E-state index in [0.29, 0.717) is 12.2 Å². The van der Waals surface area contributed by atoms with E-state index in [2.05, 4.69) is 15.3 Å². The number of aromatic amines is 1. The number of nitrogens with one attached hydrogen (secondary N) is 2. The number of benzene rings is 1. The van der Waals surface area contributed by atoms with Gasteiger partial charge >= 0.3 is 0 Å². The minimum Gasteiger partial charge on any atom is -0.383 e. The molecule has 1 saturated heterocycles. The number of likely N-dealkylation sites (N-methyl/N-ethyl adjacent to an activating group) is 1. The first-order chi connectivity index (χ1) is 13.4. The van der Waals surface area contributed by atoms with Crippen molar-refractivity contribution in [3.8, 4) is 0 Å².